The highest BCUT2D eigenvalue weighted by Crippen LogP contribution is 2.28. The van der Waals surface area contributed by atoms with Crippen LogP contribution in [0.4, 0.5) is 4.39 Å². The van der Waals surface area contributed by atoms with Crippen molar-refractivity contribution in [2.45, 2.75) is 6.61 Å². The normalized spacial score (nSPS) is 10.4. The van der Waals surface area contributed by atoms with E-state index in [0.29, 0.717) is 15.2 Å². The number of halogens is 4. The van der Waals surface area contributed by atoms with Crippen LogP contribution < -0.4 is 4.74 Å². The second-order valence-electron chi connectivity index (χ2n) is 3.64. The van der Waals surface area contributed by atoms with Gasteiger partial charge in [0, 0.05) is 8.95 Å². The van der Waals surface area contributed by atoms with Crippen LogP contribution in [0.1, 0.15) is 5.56 Å². The van der Waals surface area contributed by atoms with Gasteiger partial charge >= 0.3 is 0 Å². The summed E-state index contributed by atoms with van der Waals surface area (Å²) in [6.45, 7) is 0.256. The first kappa shape index (κ1) is 13.8. The molecule has 0 aliphatic rings. The van der Waals surface area contributed by atoms with Gasteiger partial charge in [0.25, 0.3) is 0 Å². The Kier molecular flexibility index (Phi) is 4.65. The molecule has 0 aliphatic heterocycles. The van der Waals surface area contributed by atoms with Crippen LogP contribution in [-0.4, -0.2) is 0 Å². The van der Waals surface area contributed by atoms with Crippen LogP contribution in [0, 0.1) is 5.82 Å². The summed E-state index contributed by atoms with van der Waals surface area (Å²) in [5.74, 6) is 0.259. The Morgan fingerprint density at radius 1 is 1.06 bits per heavy atom. The average Bonchev–Trinajstić information content (AvgIpc) is 2.29. The molecule has 2 rings (SSSR count). The van der Waals surface area contributed by atoms with Gasteiger partial charge in [0.1, 0.15) is 18.2 Å². The van der Waals surface area contributed by atoms with Crippen LogP contribution in [0.2, 0.25) is 5.02 Å². The van der Waals surface area contributed by atoms with Crippen LogP contribution >= 0.6 is 43.5 Å². The maximum absolute atomic E-state index is 13.2. The van der Waals surface area contributed by atoms with Crippen molar-refractivity contribution in [3.63, 3.8) is 0 Å². The summed E-state index contributed by atoms with van der Waals surface area (Å²) in [6.07, 6.45) is 0. The molecule has 0 aromatic heterocycles. The molecule has 0 aliphatic carbocycles. The average molecular weight is 394 g/mol. The third-order valence-corrected chi connectivity index (χ3v) is 3.47. The van der Waals surface area contributed by atoms with Crippen molar-refractivity contribution < 1.29 is 9.13 Å². The van der Waals surface area contributed by atoms with Gasteiger partial charge in [-0.1, -0.05) is 43.5 Å². The van der Waals surface area contributed by atoms with Crippen LogP contribution in [0.15, 0.2) is 45.3 Å². The highest BCUT2D eigenvalue weighted by Gasteiger charge is 2.04. The lowest BCUT2D eigenvalue weighted by atomic mass is 10.2. The Hall–Kier alpha value is -0.580. The fourth-order valence-electron chi connectivity index (χ4n) is 1.44. The fraction of sp³-hybridized carbons (Fsp3) is 0.0769. The van der Waals surface area contributed by atoms with Crippen LogP contribution in [0.25, 0.3) is 0 Å². The summed E-state index contributed by atoms with van der Waals surface area (Å²) >= 11 is 12.6. The fourth-order valence-corrected chi connectivity index (χ4v) is 2.47. The maximum atomic E-state index is 13.2. The lowest BCUT2D eigenvalue weighted by Crippen LogP contribution is -1.97. The summed E-state index contributed by atoms with van der Waals surface area (Å²) in [4.78, 5) is 0. The van der Waals surface area contributed by atoms with Gasteiger partial charge in [-0.3, -0.25) is 0 Å². The van der Waals surface area contributed by atoms with Gasteiger partial charge in [-0.15, -0.1) is 0 Å². The first-order chi connectivity index (χ1) is 8.54. The second-order valence-corrected chi connectivity index (χ2v) is 5.88. The topological polar surface area (TPSA) is 9.23 Å². The van der Waals surface area contributed by atoms with Gasteiger partial charge in [-0.2, -0.15) is 0 Å². The van der Waals surface area contributed by atoms with E-state index in [1.165, 1.54) is 12.1 Å². The lowest BCUT2D eigenvalue weighted by Gasteiger charge is -2.09. The predicted molar refractivity (Wildman–Crippen MR) is 77.6 cm³/mol. The van der Waals surface area contributed by atoms with E-state index in [2.05, 4.69) is 31.9 Å². The summed E-state index contributed by atoms with van der Waals surface area (Å²) < 4.78 is 20.3. The molecule has 0 radical (unpaired) electrons. The van der Waals surface area contributed by atoms with Gasteiger partial charge in [0.05, 0.1) is 5.02 Å². The largest absolute Gasteiger partial charge is 0.487 e. The molecule has 0 bridgehead atoms. The minimum absolute atomic E-state index is 0.256. The van der Waals surface area contributed by atoms with Gasteiger partial charge in [0.2, 0.25) is 0 Å². The van der Waals surface area contributed by atoms with Crippen molar-refractivity contribution in [1.29, 1.82) is 0 Å². The molecule has 0 amide bonds. The molecule has 5 heteroatoms. The standard InChI is InChI=1S/C13H8Br2ClFO/c14-9-1-2-12(16)13(6-9)18-7-8-3-10(15)5-11(17)4-8/h1-6H,7H2. The predicted octanol–water partition coefficient (Wildman–Crippen LogP) is 5.58. The molecule has 0 N–H and O–H groups in total. The minimum atomic E-state index is -0.302. The number of hydrogen-bond donors (Lipinski definition) is 0. The summed E-state index contributed by atoms with van der Waals surface area (Å²) in [5.41, 5.74) is 0.734. The Bertz CT molecular complexity index is 555. The highest BCUT2D eigenvalue weighted by molar-refractivity contribution is 9.10. The minimum Gasteiger partial charge on any atom is -0.487 e. The summed E-state index contributed by atoms with van der Waals surface area (Å²) in [6, 6.07) is 9.97. The molecule has 0 atom stereocenters. The zero-order chi connectivity index (χ0) is 13.1. The van der Waals surface area contributed by atoms with E-state index >= 15 is 0 Å². The zero-order valence-electron chi connectivity index (χ0n) is 9.09. The highest BCUT2D eigenvalue weighted by atomic mass is 79.9. The third-order valence-electron chi connectivity index (χ3n) is 2.21. The van der Waals surface area contributed by atoms with Crippen molar-refractivity contribution in [1.82, 2.24) is 0 Å². The second kappa shape index (κ2) is 6.04. The lowest BCUT2D eigenvalue weighted by molar-refractivity contribution is 0.305. The molecular weight excluding hydrogens is 386 g/mol. The Morgan fingerprint density at radius 3 is 2.56 bits per heavy atom. The van der Waals surface area contributed by atoms with Gasteiger partial charge < -0.3 is 4.74 Å². The van der Waals surface area contributed by atoms with E-state index in [1.54, 1.807) is 18.2 Å². The summed E-state index contributed by atoms with van der Waals surface area (Å²) in [7, 11) is 0. The summed E-state index contributed by atoms with van der Waals surface area (Å²) in [5, 5.41) is 0.522. The van der Waals surface area contributed by atoms with Gasteiger partial charge in [0.15, 0.2) is 0 Å². The first-order valence-electron chi connectivity index (χ1n) is 5.07. The Morgan fingerprint density at radius 2 is 1.83 bits per heavy atom. The van der Waals surface area contributed by atoms with Crippen molar-refractivity contribution >= 4 is 43.5 Å². The molecule has 2 aromatic carbocycles. The van der Waals surface area contributed by atoms with E-state index < -0.39 is 0 Å². The van der Waals surface area contributed by atoms with E-state index in [9.17, 15) is 4.39 Å². The monoisotopic (exact) mass is 392 g/mol. The quantitative estimate of drug-likeness (QED) is 0.660. The zero-order valence-corrected chi connectivity index (χ0v) is 13.0. The number of benzene rings is 2. The van der Waals surface area contributed by atoms with Crippen molar-refractivity contribution in [2.75, 3.05) is 0 Å². The van der Waals surface area contributed by atoms with Crippen LogP contribution in [-0.2, 0) is 6.61 Å². The molecule has 0 saturated carbocycles. The molecule has 2 aromatic rings. The van der Waals surface area contributed by atoms with Crippen molar-refractivity contribution in [2.24, 2.45) is 0 Å². The van der Waals surface area contributed by atoms with Crippen LogP contribution in [0.5, 0.6) is 5.75 Å². The maximum Gasteiger partial charge on any atom is 0.139 e. The van der Waals surface area contributed by atoms with E-state index in [-0.39, 0.29) is 12.4 Å². The molecule has 18 heavy (non-hydrogen) atoms. The SMILES string of the molecule is Fc1cc(Br)cc(COc2cc(Br)ccc2Cl)c1. The number of hydrogen-bond acceptors (Lipinski definition) is 1. The van der Waals surface area contributed by atoms with E-state index in [1.807, 2.05) is 6.07 Å². The van der Waals surface area contributed by atoms with Crippen molar-refractivity contribution in [3.05, 3.63) is 61.7 Å². The van der Waals surface area contributed by atoms with E-state index in [0.717, 1.165) is 10.0 Å². The first-order valence-corrected chi connectivity index (χ1v) is 7.04. The molecule has 1 nitrogen and oxygen atoms in total. The molecule has 0 fully saturated rings. The molecule has 0 spiro atoms. The Labute approximate surface area is 126 Å². The Balaban J connectivity index is 2.13. The molecule has 94 valence electrons. The van der Waals surface area contributed by atoms with Gasteiger partial charge in [-0.25, -0.2) is 4.39 Å². The van der Waals surface area contributed by atoms with Gasteiger partial charge in [-0.05, 0) is 42.0 Å². The molecule has 0 saturated heterocycles. The van der Waals surface area contributed by atoms with E-state index in [4.69, 9.17) is 16.3 Å². The van der Waals surface area contributed by atoms with Crippen LogP contribution in [0.3, 0.4) is 0 Å². The number of rotatable bonds is 3. The third kappa shape index (κ3) is 3.70. The smallest absolute Gasteiger partial charge is 0.139 e. The number of ether oxygens (including phenoxy) is 1. The molecule has 0 heterocycles. The molecular formula is C13H8Br2ClFO. The van der Waals surface area contributed by atoms with Crippen molar-refractivity contribution in [3.8, 4) is 5.75 Å². The molecule has 0 unspecified atom stereocenters.